The fourth-order valence-corrected chi connectivity index (χ4v) is 2.25. The van der Waals surface area contributed by atoms with E-state index in [0.717, 1.165) is 30.9 Å². The van der Waals surface area contributed by atoms with Crippen molar-refractivity contribution < 1.29 is 4.39 Å². The van der Waals surface area contributed by atoms with E-state index in [4.69, 9.17) is 0 Å². The number of hydrogen-bond acceptors (Lipinski definition) is 3. The van der Waals surface area contributed by atoms with E-state index in [9.17, 15) is 4.39 Å². The Bertz CT molecular complexity index is 524. The lowest BCUT2D eigenvalue weighted by Crippen LogP contribution is -2.21. The summed E-state index contributed by atoms with van der Waals surface area (Å²) in [4.78, 5) is 4.29. The summed E-state index contributed by atoms with van der Waals surface area (Å²) in [6.07, 6.45) is 2.32. The third-order valence-corrected chi connectivity index (χ3v) is 3.19. The Labute approximate surface area is 112 Å². The van der Waals surface area contributed by atoms with Crippen LogP contribution < -0.4 is 5.32 Å². The monoisotopic (exact) mass is 262 g/mol. The van der Waals surface area contributed by atoms with E-state index in [0.29, 0.717) is 0 Å². The number of halogens is 1. The van der Waals surface area contributed by atoms with Crippen molar-refractivity contribution in [2.75, 3.05) is 13.6 Å². The molecule has 0 spiro atoms. The fourth-order valence-electron chi connectivity index (χ4n) is 2.25. The SMILES string of the molecule is CCn1ncnc1CC(CNC)c1cccc(F)c1. The summed E-state index contributed by atoms with van der Waals surface area (Å²) in [5, 5.41) is 7.33. The van der Waals surface area contributed by atoms with E-state index in [1.165, 1.54) is 6.07 Å². The Morgan fingerprint density at radius 3 is 2.95 bits per heavy atom. The molecule has 0 radical (unpaired) electrons. The maximum Gasteiger partial charge on any atom is 0.138 e. The van der Waals surface area contributed by atoms with Gasteiger partial charge in [0, 0.05) is 25.4 Å². The van der Waals surface area contributed by atoms with Crippen molar-refractivity contribution in [2.24, 2.45) is 0 Å². The number of nitrogens with zero attached hydrogens (tertiary/aromatic N) is 3. The quantitative estimate of drug-likeness (QED) is 0.865. The highest BCUT2D eigenvalue weighted by Gasteiger charge is 2.15. The molecule has 1 aromatic carbocycles. The van der Waals surface area contributed by atoms with Crippen LogP contribution in [-0.2, 0) is 13.0 Å². The van der Waals surface area contributed by atoms with E-state index >= 15 is 0 Å². The van der Waals surface area contributed by atoms with Gasteiger partial charge < -0.3 is 5.32 Å². The van der Waals surface area contributed by atoms with Crippen molar-refractivity contribution >= 4 is 0 Å². The van der Waals surface area contributed by atoms with Crippen LogP contribution in [0.25, 0.3) is 0 Å². The van der Waals surface area contributed by atoms with E-state index in [1.807, 2.05) is 24.7 Å². The number of nitrogens with one attached hydrogen (secondary N) is 1. The summed E-state index contributed by atoms with van der Waals surface area (Å²) in [5.41, 5.74) is 0.986. The zero-order chi connectivity index (χ0) is 13.7. The molecule has 1 N–H and O–H groups in total. The Morgan fingerprint density at radius 1 is 1.42 bits per heavy atom. The van der Waals surface area contributed by atoms with Gasteiger partial charge in [0.2, 0.25) is 0 Å². The van der Waals surface area contributed by atoms with Gasteiger partial charge in [-0.25, -0.2) is 9.37 Å². The smallest absolute Gasteiger partial charge is 0.138 e. The molecule has 19 heavy (non-hydrogen) atoms. The predicted octanol–water partition coefficient (Wildman–Crippen LogP) is 1.98. The first-order valence-corrected chi connectivity index (χ1v) is 6.51. The second-order valence-electron chi connectivity index (χ2n) is 4.51. The molecule has 0 amide bonds. The van der Waals surface area contributed by atoms with Crippen LogP contribution in [0, 0.1) is 5.82 Å². The average molecular weight is 262 g/mol. The van der Waals surface area contributed by atoms with Crippen molar-refractivity contribution in [3.63, 3.8) is 0 Å². The van der Waals surface area contributed by atoms with Gasteiger partial charge in [-0.1, -0.05) is 12.1 Å². The normalized spacial score (nSPS) is 12.6. The van der Waals surface area contributed by atoms with E-state index in [1.54, 1.807) is 18.5 Å². The predicted molar refractivity (Wildman–Crippen MR) is 72.5 cm³/mol. The number of likely N-dealkylation sites (N-methyl/N-ethyl adjacent to an activating group) is 1. The van der Waals surface area contributed by atoms with Gasteiger partial charge in [-0.3, -0.25) is 4.68 Å². The molecular formula is C14H19FN4. The number of aromatic nitrogens is 3. The molecule has 0 aliphatic heterocycles. The largest absolute Gasteiger partial charge is 0.319 e. The second-order valence-corrected chi connectivity index (χ2v) is 4.51. The third kappa shape index (κ3) is 3.38. The van der Waals surface area contributed by atoms with Gasteiger partial charge in [-0.15, -0.1) is 0 Å². The number of hydrogen-bond donors (Lipinski definition) is 1. The van der Waals surface area contributed by atoms with Gasteiger partial charge in [-0.2, -0.15) is 5.10 Å². The minimum Gasteiger partial charge on any atom is -0.319 e. The molecule has 102 valence electrons. The highest BCUT2D eigenvalue weighted by atomic mass is 19.1. The van der Waals surface area contributed by atoms with Crippen molar-refractivity contribution in [1.82, 2.24) is 20.1 Å². The lowest BCUT2D eigenvalue weighted by Gasteiger charge is -2.17. The zero-order valence-corrected chi connectivity index (χ0v) is 11.3. The molecule has 1 atom stereocenters. The maximum atomic E-state index is 13.3. The summed E-state index contributed by atoms with van der Waals surface area (Å²) in [7, 11) is 1.90. The van der Waals surface area contributed by atoms with Gasteiger partial charge in [-0.05, 0) is 31.7 Å². The molecular weight excluding hydrogens is 243 g/mol. The molecule has 2 rings (SSSR count). The lowest BCUT2D eigenvalue weighted by atomic mass is 9.95. The minimum atomic E-state index is -0.199. The summed E-state index contributed by atoms with van der Waals surface area (Å²) in [6.45, 7) is 3.61. The molecule has 0 aliphatic carbocycles. The molecule has 1 aromatic heterocycles. The first-order valence-electron chi connectivity index (χ1n) is 6.51. The van der Waals surface area contributed by atoms with E-state index in [2.05, 4.69) is 15.4 Å². The molecule has 0 saturated carbocycles. The molecule has 0 saturated heterocycles. The van der Waals surface area contributed by atoms with E-state index < -0.39 is 0 Å². The van der Waals surface area contributed by atoms with Gasteiger partial charge >= 0.3 is 0 Å². The molecule has 0 fully saturated rings. The standard InChI is InChI=1S/C14H19FN4/c1-3-19-14(17-10-18-19)8-12(9-16-2)11-5-4-6-13(15)7-11/h4-7,10,12,16H,3,8-9H2,1-2H3. The number of benzene rings is 1. The number of rotatable bonds is 6. The van der Waals surface area contributed by atoms with Gasteiger partial charge in [0.25, 0.3) is 0 Å². The van der Waals surface area contributed by atoms with E-state index in [-0.39, 0.29) is 11.7 Å². The van der Waals surface area contributed by atoms with Crippen LogP contribution >= 0.6 is 0 Å². The van der Waals surface area contributed by atoms with Crippen LogP contribution in [0.15, 0.2) is 30.6 Å². The van der Waals surface area contributed by atoms with Crippen LogP contribution in [0.2, 0.25) is 0 Å². The first-order chi connectivity index (χ1) is 9.24. The molecule has 4 nitrogen and oxygen atoms in total. The molecule has 1 heterocycles. The molecule has 0 bridgehead atoms. The van der Waals surface area contributed by atoms with Crippen molar-refractivity contribution in [2.45, 2.75) is 25.8 Å². The van der Waals surface area contributed by atoms with Crippen molar-refractivity contribution in [3.05, 3.63) is 47.8 Å². The van der Waals surface area contributed by atoms with Gasteiger partial charge in [0.15, 0.2) is 0 Å². The van der Waals surface area contributed by atoms with Gasteiger partial charge in [0.05, 0.1) is 0 Å². The molecule has 2 aromatic rings. The highest BCUT2D eigenvalue weighted by Crippen LogP contribution is 2.20. The van der Waals surface area contributed by atoms with Crippen molar-refractivity contribution in [1.29, 1.82) is 0 Å². The zero-order valence-electron chi connectivity index (χ0n) is 11.3. The molecule has 1 unspecified atom stereocenters. The van der Waals surface area contributed by atoms with Crippen LogP contribution in [-0.4, -0.2) is 28.4 Å². The molecule has 5 heteroatoms. The van der Waals surface area contributed by atoms with Crippen LogP contribution in [0.3, 0.4) is 0 Å². The summed E-state index contributed by atoms with van der Waals surface area (Å²) >= 11 is 0. The Hall–Kier alpha value is -1.75. The Morgan fingerprint density at radius 2 is 2.26 bits per heavy atom. The maximum absolute atomic E-state index is 13.3. The fraction of sp³-hybridized carbons (Fsp3) is 0.429. The summed E-state index contributed by atoms with van der Waals surface area (Å²) in [6, 6.07) is 6.76. The topological polar surface area (TPSA) is 42.7 Å². The minimum absolute atomic E-state index is 0.190. The van der Waals surface area contributed by atoms with Crippen LogP contribution in [0.1, 0.15) is 24.2 Å². The highest BCUT2D eigenvalue weighted by molar-refractivity contribution is 5.22. The summed E-state index contributed by atoms with van der Waals surface area (Å²) in [5.74, 6) is 0.928. The first kappa shape index (κ1) is 13.7. The number of aryl methyl sites for hydroxylation is 1. The van der Waals surface area contributed by atoms with Crippen LogP contribution in [0.5, 0.6) is 0 Å². The Kier molecular flexibility index (Phi) is 4.63. The molecule has 0 aliphatic rings. The van der Waals surface area contributed by atoms with Crippen LogP contribution in [0.4, 0.5) is 4.39 Å². The van der Waals surface area contributed by atoms with Crippen molar-refractivity contribution in [3.8, 4) is 0 Å². The van der Waals surface area contributed by atoms with Gasteiger partial charge in [0.1, 0.15) is 18.0 Å². The Balaban J connectivity index is 2.21. The second kappa shape index (κ2) is 6.43. The average Bonchev–Trinajstić information content (AvgIpc) is 2.85. The summed E-state index contributed by atoms with van der Waals surface area (Å²) < 4.78 is 15.2. The lowest BCUT2D eigenvalue weighted by molar-refractivity contribution is 0.552. The third-order valence-electron chi connectivity index (χ3n) is 3.19.